The molecule has 2 N–H and O–H groups in total. The summed E-state index contributed by atoms with van der Waals surface area (Å²) in [6, 6.07) is 12.5. The van der Waals surface area contributed by atoms with Crippen molar-refractivity contribution in [3.8, 4) is 0 Å². The first-order valence-corrected chi connectivity index (χ1v) is 7.11. The SMILES string of the molecule is O=C(CCl)Nc1ccccc1C(=O)NCc1ccc(F)cc1. The molecule has 6 heteroatoms. The molecule has 0 aliphatic heterocycles. The highest BCUT2D eigenvalue weighted by molar-refractivity contribution is 6.29. The van der Waals surface area contributed by atoms with Gasteiger partial charge in [0.25, 0.3) is 5.91 Å². The van der Waals surface area contributed by atoms with E-state index < -0.39 is 0 Å². The second-order valence-electron chi connectivity index (χ2n) is 4.54. The van der Waals surface area contributed by atoms with Crippen molar-refractivity contribution < 1.29 is 14.0 Å². The summed E-state index contributed by atoms with van der Waals surface area (Å²) in [7, 11) is 0. The average Bonchev–Trinajstić information content (AvgIpc) is 2.54. The van der Waals surface area contributed by atoms with Gasteiger partial charge >= 0.3 is 0 Å². The van der Waals surface area contributed by atoms with Crippen molar-refractivity contribution in [2.24, 2.45) is 0 Å². The molecule has 2 amide bonds. The van der Waals surface area contributed by atoms with Crippen LogP contribution in [0.5, 0.6) is 0 Å². The molecule has 0 bridgehead atoms. The largest absolute Gasteiger partial charge is 0.348 e. The first-order valence-electron chi connectivity index (χ1n) is 6.57. The molecule has 0 aliphatic carbocycles. The third-order valence-electron chi connectivity index (χ3n) is 2.93. The van der Waals surface area contributed by atoms with E-state index in [9.17, 15) is 14.0 Å². The number of para-hydroxylation sites is 1. The average molecular weight is 321 g/mol. The van der Waals surface area contributed by atoms with Crippen LogP contribution in [0.15, 0.2) is 48.5 Å². The number of benzene rings is 2. The molecule has 0 heterocycles. The molecule has 0 fully saturated rings. The van der Waals surface area contributed by atoms with Crippen LogP contribution in [0.25, 0.3) is 0 Å². The molecule has 0 spiro atoms. The summed E-state index contributed by atoms with van der Waals surface area (Å²) in [4.78, 5) is 23.6. The zero-order chi connectivity index (χ0) is 15.9. The molecule has 22 heavy (non-hydrogen) atoms. The number of rotatable bonds is 5. The summed E-state index contributed by atoms with van der Waals surface area (Å²) >= 11 is 5.44. The van der Waals surface area contributed by atoms with Gasteiger partial charge in [0.2, 0.25) is 5.91 Å². The van der Waals surface area contributed by atoms with Gasteiger partial charge in [-0.2, -0.15) is 0 Å². The van der Waals surface area contributed by atoms with E-state index in [1.165, 1.54) is 12.1 Å². The van der Waals surface area contributed by atoms with Crippen molar-refractivity contribution >= 4 is 29.1 Å². The molecule has 0 saturated heterocycles. The van der Waals surface area contributed by atoms with Crippen LogP contribution in [0.4, 0.5) is 10.1 Å². The minimum absolute atomic E-state index is 0.189. The number of anilines is 1. The minimum Gasteiger partial charge on any atom is -0.348 e. The Bertz CT molecular complexity index is 674. The second kappa shape index (κ2) is 7.56. The summed E-state index contributed by atoms with van der Waals surface area (Å²) in [5, 5.41) is 5.29. The maximum atomic E-state index is 12.8. The summed E-state index contributed by atoms with van der Waals surface area (Å²) in [6.07, 6.45) is 0. The van der Waals surface area contributed by atoms with Gasteiger partial charge < -0.3 is 10.6 Å². The molecule has 0 radical (unpaired) electrons. The van der Waals surface area contributed by atoms with Crippen LogP contribution >= 0.6 is 11.6 Å². The summed E-state index contributed by atoms with van der Waals surface area (Å²) in [5.41, 5.74) is 1.50. The van der Waals surface area contributed by atoms with Crippen LogP contribution in [0, 0.1) is 5.82 Å². The first-order chi connectivity index (χ1) is 10.6. The van der Waals surface area contributed by atoms with Crippen molar-refractivity contribution in [1.29, 1.82) is 0 Å². The van der Waals surface area contributed by atoms with Crippen LogP contribution in [0.2, 0.25) is 0 Å². The van der Waals surface area contributed by atoms with E-state index in [0.717, 1.165) is 5.56 Å². The van der Waals surface area contributed by atoms with Gasteiger partial charge in [-0.1, -0.05) is 24.3 Å². The van der Waals surface area contributed by atoms with Crippen molar-refractivity contribution in [3.63, 3.8) is 0 Å². The van der Waals surface area contributed by atoms with Crippen LogP contribution in [-0.2, 0) is 11.3 Å². The number of hydrogen-bond donors (Lipinski definition) is 2. The Morgan fingerprint density at radius 3 is 2.41 bits per heavy atom. The zero-order valence-electron chi connectivity index (χ0n) is 11.6. The normalized spacial score (nSPS) is 10.1. The van der Waals surface area contributed by atoms with Gasteiger partial charge in [0, 0.05) is 6.54 Å². The van der Waals surface area contributed by atoms with Crippen LogP contribution in [-0.4, -0.2) is 17.7 Å². The van der Waals surface area contributed by atoms with Gasteiger partial charge in [0.1, 0.15) is 11.7 Å². The van der Waals surface area contributed by atoms with Gasteiger partial charge in [-0.15, -0.1) is 11.6 Å². The highest BCUT2D eigenvalue weighted by Gasteiger charge is 2.12. The smallest absolute Gasteiger partial charge is 0.253 e. The highest BCUT2D eigenvalue weighted by atomic mass is 35.5. The zero-order valence-corrected chi connectivity index (χ0v) is 12.4. The molecule has 114 valence electrons. The Labute approximate surface area is 132 Å². The molecular formula is C16H14ClFN2O2. The maximum absolute atomic E-state index is 12.8. The molecule has 0 saturated carbocycles. The van der Waals surface area contributed by atoms with E-state index in [4.69, 9.17) is 11.6 Å². The molecule has 2 rings (SSSR count). The molecular weight excluding hydrogens is 307 g/mol. The number of amides is 2. The van der Waals surface area contributed by atoms with Gasteiger partial charge in [0.05, 0.1) is 11.3 Å². The summed E-state index contributed by atoms with van der Waals surface area (Å²) < 4.78 is 12.8. The number of carbonyl (C=O) groups is 2. The predicted octanol–water partition coefficient (Wildman–Crippen LogP) is 2.93. The fourth-order valence-electron chi connectivity index (χ4n) is 1.85. The lowest BCUT2D eigenvalue weighted by Gasteiger charge is -2.10. The van der Waals surface area contributed by atoms with Crippen molar-refractivity contribution in [3.05, 3.63) is 65.5 Å². The first kappa shape index (κ1) is 16.0. The lowest BCUT2D eigenvalue weighted by molar-refractivity contribution is -0.113. The third kappa shape index (κ3) is 4.30. The predicted molar refractivity (Wildman–Crippen MR) is 83.4 cm³/mol. The van der Waals surface area contributed by atoms with Crippen LogP contribution in [0.3, 0.4) is 0 Å². The van der Waals surface area contributed by atoms with Crippen LogP contribution < -0.4 is 10.6 Å². The molecule has 0 unspecified atom stereocenters. The third-order valence-corrected chi connectivity index (χ3v) is 3.18. The fourth-order valence-corrected chi connectivity index (χ4v) is 1.92. The fraction of sp³-hybridized carbons (Fsp3) is 0.125. The Morgan fingerprint density at radius 1 is 1.05 bits per heavy atom. The Balaban J connectivity index is 2.06. The highest BCUT2D eigenvalue weighted by Crippen LogP contribution is 2.15. The van der Waals surface area contributed by atoms with Gasteiger partial charge in [-0.05, 0) is 29.8 Å². The molecule has 2 aromatic rings. The van der Waals surface area contributed by atoms with E-state index in [2.05, 4.69) is 10.6 Å². The van der Waals surface area contributed by atoms with Crippen molar-refractivity contribution in [2.75, 3.05) is 11.2 Å². The Hall–Kier alpha value is -2.40. The molecule has 4 nitrogen and oxygen atoms in total. The molecule has 0 atom stereocenters. The number of nitrogens with one attached hydrogen (secondary N) is 2. The number of hydrogen-bond acceptors (Lipinski definition) is 2. The molecule has 0 aromatic heterocycles. The van der Waals surface area contributed by atoms with Crippen molar-refractivity contribution in [1.82, 2.24) is 5.32 Å². The standard InChI is InChI=1S/C16H14ClFN2O2/c17-9-15(21)20-14-4-2-1-3-13(14)16(22)19-10-11-5-7-12(18)8-6-11/h1-8H,9-10H2,(H,19,22)(H,20,21). The minimum atomic E-state index is -0.388. The van der Waals surface area contributed by atoms with Crippen LogP contribution in [0.1, 0.15) is 15.9 Å². The molecule has 0 aliphatic rings. The number of alkyl halides is 1. The second-order valence-corrected chi connectivity index (χ2v) is 4.80. The number of halogens is 2. The Morgan fingerprint density at radius 2 is 1.73 bits per heavy atom. The summed E-state index contributed by atoms with van der Waals surface area (Å²) in [6.45, 7) is 0.261. The molecule has 2 aromatic carbocycles. The Kier molecular flexibility index (Phi) is 5.49. The number of carbonyl (C=O) groups excluding carboxylic acids is 2. The van der Waals surface area contributed by atoms with Gasteiger partial charge in [-0.25, -0.2) is 4.39 Å². The van der Waals surface area contributed by atoms with Crippen molar-refractivity contribution in [2.45, 2.75) is 6.54 Å². The lowest BCUT2D eigenvalue weighted by Crippen LogP contribution is -2.25. The quantitative estimate of drug-likeness (QED) is 0.832. The topological polar surface area (TPSA) is 58.2 Å². The maximum Gasteiger partial charge on any atom is 0.253 e. The van der Waals surface area contributed by atoms with E-state index in [0.29, 0.717) is 11.3 Å². The van der Waals surface area contributed by atoms with Gasteiger partial charge in [-0.3, -0.25) is 9.59 Å². The lowest BCUT2D eigenvalue weighted by atomic mass is 10.1. The van der Waals surface area contributed by atoms with E-state index >= 15 is 0 Å². The van der Waals surface area contributed by atoms with Gasteiger partial charge in [0.15, 0.2) is 0 Å². The van der Waals surface area contributed by atoms with E-state index in [1.54, 1.807) is 36.4 Å². The monoisotopic (exact) mass is 320 g/mol. The van der Waals surface area contributed by atoms with E-state index in [1.807, 2.05) is 0 Å². The van der Waals surface area contributed by atoms with E-state index in [-0.39, 0.29) is 30.1 Å². The summed E-state index contributed by atoms with van der Waals surface area (Å²) in [5.74, 6) is -1.25.